The molecule has 1 saturated heterocycles. The van der Waals surface area contributed by atoms with Gasteiger partial charge in [0.15, 0.2) is 0 Å². The molecule has 2 atom stereocenters. The number of carbonyl (C=O) groups is 1. The van der Waals surface area contributed by atoms with Crippen LogP contribution in [0, 0.1) is 6.92 Å². The summed E-state index contributed by atoms with van der Waals surface area (Å²) in [5.41, 5.74) is 2.80. The molecule has 1 fully saturated rings. The highest BCUT2D eigenvalue weighted by Crippen LogP contribution is 2.24. The van der Waals surface area contributed by atoms with Crippen LogP contribution in [0.3, 0.4) is 0 Å². The molecule has 3 rings (SSSR count). The third-order valence-corrected chi connectivity index (χ3v) is 5.54. The summed E-state index contributed by atoms with van der Waals surface area (Å²) in [4.78, 5) is 16.4. The number of alkyl halides is 1. The van der Waals surface area contributed by atoms with Gasteiger partial charge < -0.3 is 4.90 Å². The Morgan fingerprint density at radius 3 is 2.92 bits per heavy atom. The highest BCUT2D eigenvalue weighted by molar-refractivity contribution is 7.08. The minimum absolute atomic E-state index is 0.0107. The van der Waals surface area contributed by atoms with E-state index in [0.29, 0.717) is 26.1 Å². The van der Waals surface area contributed by atoms with Gasteiger partial charge in [-0.15, -0.1) is 0 Å². The number of nitrogens with zero attached hydrogens (tertiary/aromatic N) is 4. The predicted molar refractivity (Wildman–Crippen MR) is 92.9 cm³/mol. The summed E-state index contributed by atoms with van der Waals surface area (Å²) in [6, 6.07) is 1.98. The molecule has 0 saturated carbocycles. The van der Waals surface area contributed by atoms with Crippen molar-refractivity contribution in [1.29, 1.82) is 0 Å². The number of hydrogen-bond donors (Lipinski definition) is 0. The SMILES string of the molecule is Cc1cscc1C(=O)N(C)C[C@@H]1C[C@H](F)CN1Cc1ccnn1C. The Morgan fingerprint density at radius 1 is 1.50 bits per heavy atom. The van der Waals surface area contributed by atoms with E-state index in [4.69, 9.17) is 0 Å². The van der Waals surface area contributed by atoms with Crippen LogP contribution in [0.2, 0.25) is 0 Å². The molecule has 0 aromatic carbocycles. The first-order valence-corrected chi connectivity index (χ1v) is 9.03. The van der Waals surface area contributed by atoms with Gasteiger partial charge in [-0.2, -0.15) is 16.4 Å². The van der Waals surface area contributed by atoms with Crippen molar-refractivity contribution >= 4 is 17.2 Å². The first-order valence-electron chi connectivity index (χ1n) is 8.09. The van der Waals surface area contributed by atoms with E-state index >= 15 is 0 Å². The van der Waals surface area contributed by atoms with Gasteiger partial charge in [0.25, 0.3) is 5.91 Å². The average Bonchev–Trinajstić information content (AvgIpc) is 3.22. The molecule has 5 nitrogen and oxygen atoms in total. The van der Waals surface area contributed by atoms with E-state index in [2.05, 4.69) is 10.00 Å². The molecule has 0 bridgehead atoms. The second-order valence-corrected chi connectivity index (χ2v) is 7.26. The van der Waals surface area contributed by atoms with E-state index in [1.165, 1.54) is 11.3 Å². The lowest BCUT2D eigenvalue weighted by molar-refractivity contribution is 0.0748. The van der Waals surface area contributed by atoms with Gasteiger partial charge in [-0.1, -0.05) is 0 Å². The number of hydrogen-bond acceptors (Lipinski definition) is 4. The molecule has 3 heterocycles. The maximum Gasteiger partial charge on any atom is 0.254 e. The number of likely N-dealkylation sites (tertiary alicyclic amines) is 1. The lowest BCUT2D eigenvalue weighted by Gasteiger charge is -2.28. The first-order chi connectivity index (χ1) is 11.5. The van der Waals surface area contributed by atoms with Crippen molar-refractivity contribution in [3.63, 3.8) is 0 Å². The van der Waals surface area contributed by atoms with Crippen LogP contribution < -0.4 is 0 Å². The highest BCUT2D eigenvalue weighted by Gasteiger charge is 2.34. The van der Waals surface area contributed by atoms with Crippen LogP contribution in [0.15, 0.2) is 23.0 Å². The molecule has 24 heavy (non-hydrogen) atoms. The topological polar surface area (TPSA) is 41.4 Å². The van der Waals surface area contributed by atoms with E-state index in [1.807, 2.05) is 35.5 Å². The Kier molecular flexibility index (Phi) is 5.01. The Balaban J connectivity index is 1.67. The molecule has 130 valence electrons. The van der Waals surface area contributed by atoms with Crippen LogP contribution >= 0.6 is 11.3 Å². The lowest BCUT2D eigenvalue weighted by Crippen LogP contribution is -2.41. The number of carbonyl (C=O) groups excluding carboxylic acids is 1. The highest BCUT2D eigenvalue weighted by atomic mass is 32.1. The van der Waals surface area contributed by atoms with Gasteiger partial charge in [0.2, 0.25) is 0 Å². The molecule has 7 heteroatoms. The minimum Gasteiger partial charge on any atom is -0.340 e. The van der Waals surface area contributed by atoms with Crippen molar-refractivity contribution in [2.75, 3.05) is 20.1 Å². The van der Waals surface area contributed by atoms with Gasteiger partial charge in [0.05, 0.1) is 11.3 Å². The summed E-state index contributed by atoms with van der Waals surface area (Å²) in [5, 5.41) is 8.03. The van der Waals surface area contributed by atoms with E-state index in [0.717, 1.165) is 16.8 Å². The van der Waals surface area contributed by atoms with E-state index in [1.54, 1.807) is 18.1 Å². The first kappa shape index (κ1) is 17.1. The molecule has 0 N–H and O–H groups in total. The van der Waals surface area contributed by atoms with Crippen molar-refractivity contribution in [2.45, 2.75) is 32.1 Å². The summed E-state index contributed by atoms with van der Waals surface area (Å²) in [6.45, 7) is 3.54. The van der Waals surface area contributed by atoms with E-state index in [-0.39, 0.29) is 11.9 Å². The summed E-state index contributed by atoms with van der Waals surface area (Å²) >= 11 is 1.53. The number of likely N-dealkylation sites (N-methyl/N-ethyl adjacent to an activating group) is 1. The smallest absolute Gasteiger partial charge is 0.254 e. The van der Waals surface area contributed by atoms with Crippen molar-refractivity contribution in [3.05, 3.63) is 39.8 Å². The minimum atomic E-state index is -0.838. The molecule has 0 spiro atoms. The molecular weight excluding hydrogens is 327 g/mol. The molecule has 1 aliphatic rings. The molecule has 0 radical (unpaired) electrons. The van der Waals surface area contributed by atoms with Crippen molar-refractivity contribution in [2.24, 2.45) is 7.05 Å². The van der Waals surface area contributed by atoms with Crippen LogP contribution in [-0.2, 0) is 13.6 Å². The van der Waals surface area contributed by atoms with Crippen LogP contribution in [0.1, 0.15) is 28.0 Å². The van der Waals surface area contributed by atoms with Gasteiger partial charge in [0.1, 0.15) is 6.17 Å². The maximum atomic E-state index is 14.0. The van der Waals surface area contributed by atoms with Crippen molar-refractivity contribution in [1.82, 2.24) is 19.6 Å². The van der Waals surface area contributed by atoms with Crippen LogP contribution in [-0.4, -0.2) is 57.8 Å². The second-order valence-electron chi connectivity index (χ2n) is 6.52. The molecule has 0 aliphatic carbocycles. The zero-order valence-electron chi connectivity index (χ0n) is 14.3. The molecule has 2 aromatic rings. The van der Waals surface area contributed by atoms with Crippen molar-refractivity contribution < 1.29 is 9.18 Å². The van der Waals surface area contributed by atoms with Crippen LogP contribution in [0.25, 0.3) is 0 Å². The van der Waals surface area contributed by atoms with Gasteiger partial charge in [-0.3, -0.25) is 14.4 Å². The van der Waals surface area contributed by atoms with E-state index < -0.39 is 6.17 Å². The predicted octanol–water partition coefficient (Wildman–Crippen LogP) is 2.47. The maximum absolute atomic E-state index is 14.0. The Bertz CT molecular complexity index is 713. The Labute approximate surface area is 145 Å². The normalized spacial score (nSPS) is 21.3. The molecule has 1 aliphatic heterocycles. The second kappa shape index (κ2) is 7.03. The number of aromatic nitrogens is 2. The van der Waals surface area contributed by atoms with Gasteiger partial charge in [-0.25, -0.2) is 4.39 Å². The van der Waals surface area contributed by atoms with Crippen molar-refractivity contribution in [3.8, 4) is 0 Å². The standard InChI is InChI=1S/C17H23FN4OS/c1-12-10-24-11-16(12)17(23)20(2)8-15-6-13(18)7-22(15)9-14-4-5-19-21(14)3/h4-5,10-11,13,15H,6-9H2,1-3H3/t13-,15-/m0/s1. The van der Waals surface area contributed by atoms with Gasteiger partial charge >= 0.3 is 0 Å². The monoisotopic (exact) mass is 350 g/mol. The third kappa shape index (κ3) is 3.52. The number of aryl methyl sites for hydroxylation is 2. The quantitative estimate of drug-likeness (QED) is 0.832. The summed E-state index contributed by atoms with van der Waals surface area (Å²) in [6.07, 6.45) is 1.38. The Hall–Kier alpha value is -1.73. The molecule has 2 aromatic heterocycles. The largest absolute Gasteiger partial charge is 0.340 e. The number of amides is 1. The van der Waals surface area contributed by atoms with E-state index in [9.17, 15) is 9.18 Å². The third-order valence-electron chi connectivity index (χ3n) is 4.68. The zero-order valence-corrected chi connectivity index (χ0v) is 15.1. The van der Waals surface area contributed by atoms with Crippen LogP contribution in [0.4, 0.5) is 4.39 Å². The summed E-state index contributed by atoms with van der Waals surface area (Å²) in [7, 11) is 3.69. The average molecular weight is 350 g/mol. The number of rotatable bonds is 5. The zero-order chi connectivity index (χ0) is 17.3. The molecule has 0 unspecified atom stereocenters. The van der Waals surface area contributed by atoms with Crippen LogP contribution in [0.5, 0.6) is 0 Å². The fraction of sp³-hybridized carbons (Fsp3) is 0.529. The van der Waals surface area contributed by atoms with Gasteiger partial charge in [0, 0.05) is 51.3 Å². The molecular formula is C17H23FN4OS. The number of thiophene rings is 1. The fourth-order valence-electron chi connectivity index (χ4n) is 3.25. The number of halogens is 1. The van der Waals surface area contributed by atoms with Gasteiger partial charge in [-0.05, 0) is 30.4 Å². The fourth-order valence-corrected chi connectivity index (χ4v) is 4.08. The lowest BCUT2D eigenvalue weighted by atomic mass is 10.1. The molecule has 1 amide bonds. The summed E-state index contributed by atoms with van der Waals surface area (Å²) < 4.78 is 15.8. The Morgan fingerprint density at radius 2 is 2.29 bits per heavy atom. The summed E-state index contributed by atoms with van der Waals surface area (Å²) in [5.74, 6) is 0.0107.